The zero-order chi connectivity index (χ0) is 48.0. The van der Waals surface area contributed by atoms with Gasteiger partial charge in [0, 0.05) is 67.8 Å². The molecule has 0 radical (unpaired) electrons. The van der Waals surface area contributed by atoms with Crippen molar-refractivity contribution in [3.05, 3.63) is 198 Å². The van der Waals surface area contributed by atoms with Gasteiger partial charge in [0.1, 0.15) is 0 Å². The number of nitrogens with zero attached hydrogens (tertiary/aromatic N) is 1. The van der Waals surface area contributed by atoms with Crippen LogP contribution in [0.5, 0.6) is 0 Å². The quantitative estimate of drug-likeness (QED) is 0.141. The second-order valence-electron chi connectivity index (χ2n) is 16.3. The average Bonchev–Trinajstić information content (AvgIpc) is 3.99. The Hall–Kier alpha value is -8.30. The first kappa shape index (κ1) is 48.2. The van der Waals surface area contributed by atoms with Crippen LogP contribution in [0.2, 0.25) is 0 Å². The molecule has 0 atom stereocenters. The van der Waals surface area contributed by atoms with Crippen molar-refractivity contribution in [2.45, 2.75) is 55.4 Å². The average molecular weight is 888 g/mol. The number of benzene rings is 8. The molecule has 9 heteroatoms. The number of rotatable bonds is 3. The fourth-order valence-corrected chi connectivity index (χ4v) is 7.82. The number of carbonyl (C=O) groups excluding carboxylic acids is 4. The van der Waals surface area contributed by atoms with E-state index in [0.717, 1.165) is 60.8 Å². The summed E-state index contributed by atoms with van der Waals surface area (Å²) >= 11 is 0. The number of carbonyl (C=O) groups is 4. The summed E-state index contributed by atoms with van der Waals surface area (Å²) in [7, 11) is 0. The molecule has 338 valence electrons. The van der Waals surface area contributed by atoms with Crippen molar-refractivity contribution in [3.8, 4) is 0 Å². The predicted octanol–water partition coefficient (Wildman–Crippen LogP) is 14.1. The van der Waals surface area contributed by atoms with Crippen LogP contribution in [0.1, 0.15) is 54.7 Å². The summed E-state index contributed by atoms with van der Waals surface area (Å²) in [6, 6.07) is 54.6. The van der Waals surface area contributed by atoms with Gasteiger partial charge in [-0.05, 0) is 113 Å². The molecule has 10 rings (SSSR count). The van der Waals surface area contributed by atoms with E-state index in [4.69, 9.17) is 0 Å². The van der Waals surface area contributed by atoms with E-state index in [-0.39, 0.29) is 23.6 Å². The van der Waals surface area contributed by atoms with Gasteiger partial charge in [0.05, 0.1) is 11.2 Å². The van der Waals surface area contributed by atoms with E-state index < -0.39 is 0 Å². The molecule has 0 unspecified atom stereocenters. The van der Waals surface area contributed by atoms with Gasteiger partial charge in [-0.25, -0.2) is 0 Å². The minimum absolute atomic E-state index is 0.0329. The van der Waals surface area contributed by atoms with Crippen LogP contribution in [0.25, 0.3) is 54.1 Å². The van der Waals surface area contributed by atoms with Crippen LogP contribution >= 0.6 is 0 Å². The normalized spacial score (nSPS) is 10.3. The van der Waals surface area contributed by atoms with Gasteiger partial charge in [0.25, 0.3) is 0 Å². The van der Waals surface area contributed by atoms with Crippen LogP contribution in [0.15, 0.2) is 176 Å². The molecular formula is C58H57N5O4. The molecule has 3 amide bonds. The van der Waals surface area contributed by atoms with Crippen molar-refractivity contribution >= 4 is 94.8 Å². The highest BCUT2D eigenvalue weighted by atomic mass is 16.2. The first-order valence-electron chi connectivity index (χ1n) is 22.1. The lowest BCUT2D eigenvalue weighted by molar-refractivity contribution is -0.115. The Balaban J connectivity index is 0.000000139. The molecule has 9 nitrogen and oxygen atoms in total. The highest BCUT2D eigenvalue weighted by Gasteiger charge is 2.07. The van der Waals surface area contributed by atoms with Gasteiger partial charge in [0.15, 0.2) is 0 Å². The van der Waals surface area contributed by atoms with Gasteiger partial charge in [-0.15, -0.1) is 0 Å². The highest BCUT2D eigenvalue weighted by Crippen LogP contribution is 2.28. The number of nitrogens with one attached hydrogen (secondary N) is 4. The maximum Gasteiger partial charge on any atom is 0.227 e. The van der Waals surface area contributed by atoms with Gasteiger partial charge >= 0.3 is 0 Å². The summed E-state index contributed by atoms with van der Waals surface area (Å²) < 4.78 is 1.69. The number of fused-ring (bicyclic) bond motifs is 5. The number of anilines is 3. The van der Waals surface area contributed by atoms with Crippen molar-refractivity contribution in [1.82, 2.24) is 9.55 Å². The maximum atomic E-state index is 11.2. The van der Waals surface area contributed by atoms with Gasteiger partial charge in [-0.1, -0.05) is 133 Å². The van der Waals surface area contributed by atoms with E-state index in [2.05, 4.69) is 70.3 Å². The van der Waals surface area contributed by atoms with Crippen LogP contribution in [0.4, 0.5) is 17.1 Å². The molecule has 4 N–H and O–H groups in total. The predicted molar refractivity (Wildman–Crippen MR) is 280 cm³/mol. The Morgan fingerprint density at radius 1 is 0.448 bits per heavy atom. The Labute approximate surface area is 391 Å². The highest BCUT2D eigenvalue weighted by molar-refractivity contribution is 6.03. The first-order valence-corrected chi connectivity index (χ1v) is 22.1. The van der Waals surface area contributed by atoms with E-state index in [1.807, 2.05) is 154 Å². The van der Waals surface area contributed by atoms with Gasteiger partial charge in [0.2, 0.25) is 23.6 Å². The largest absolute Gasteiger partial charge is 0.361 e. The third kappa shape index (κ3) is 12.7. The van der Waals surface area contributed by atoms with E-state index >= 15 is 0 Å². The van der Waals surface area contributed by atoms with Crippen LogP contribution in [0, 0.1) is 27.7 Å². The molecule has 67 heavy (non-hydrogen) atoms. The van der Waals surface area contributed by atoms with Gasteiger partial charge < -0.3 is 20.9 Å². The minimum atomic E-state index is -0.0414. The third-order valence-electron chi connectivity index (χ3n) is 11.1. The monoisotopic (exact) mass is 887 g/mol. The Morgan fingerprint density at radius 2 is 1.00 bits per heavy atom. The molecule has 0 fully saturated rings. The second kappa shape index (κ2) is 22.5. The molecule has 2 heterocycles. The standard InChI is InChI=1S/2C13H13NO.C12H11NO.C11H11NO.C9H9N/c1-9-12-6-4-3-5-11(12)7-8-13(9)14-10(2)15;1-9-7-8-11-5-3-4-6-12(11)13(9)14-10(2)15;1-9(14)13-12-7-6-10-4-2-3-5-11(10)8-12;1-8-4-3-5-10-6-7-12(9(2)13)11(8)10;1-7-3-2-4-8-5-6-10-9(7)8/h2*3-8H,1-2H3,(H,14,15);2-8H,1H3,(H,13,14);3-7H,1-2H3;2-6,10H,1H3. The van der Waals surface area contributed by atoms with E-state index in [1.54, 1.807) is 11.5 Å². The molecule has 8 aromatic carbocycles. The number of aromatic nitrogens is 2. The van der Waals surface area contributed by atoms with Crippen molar-refractivity contribution in [3.63, 3.8) is 0 Å². The lowest BCUT2D eigenvalue weighted by Crippen LogP contribution is -2.07. The zero-order valence-electron chi connectivity index (χ0n) is 39.3. The smallest absolute Gasteiger partial charge is 0.227 e. The van der Waals surface area contributed by atoms with Crippen LogP contribution < -0.4 is 16.0 Å². The Kier molecular flexibility index (Phi) is 16.2. The number of hydrogen-bond acceptors (Lipinski definition) is 4. The van der Waals surface area contributed by atoms with Gasteiger partial charge in [-0.3, -0.25) is 23.7 Å². The second-order valence-corrected chi connectivity index (χ2v) is 16.3. The number of aromatic amines is 1. The third-order valence-corrected chi connectivity index (χ3v) is 11.1. The Morgan fingerprint density at radius 3 is 1.66 bits per heavy atom. The summed E-state index contributed by atoms with van der Waals surface area (Å²) in [5, 5.41) is 17.8. The lowest BCUT2D eigenvalue weighted by Gasteiger charge is -2.10. The van der Waals surface area contributed by atoms with Gasteiger partial charge in [-0.2, -0.15) is 0 Å². The summed E-state index contributed by atoms with van der Waals surface area (Å²) in [4.78, 5) is 47.3. The summed E-state index contributed by atoms with van der Waals surface area (Å²) in [5.74, 6) is -0.0487. The molecule has 10 aromatic rings. The minimum Gasteiger partial charge on any atom is -0.361 e. The topological polar surface area (TPSA) is 125 Å². The molecule has 0 spiro atoms. The van der Waals surface area contributed by atoms with Crippen LogP contribution in [-0.4, -0.2) is 33.2 Å². The van der Waals surface area contributed by atoms with Crippen molar-refractivity contribution < 1.29 is 19.2 Å². The number of para-hydroxylation sites is 2. The van der Waals surface area contributed by atoms with Crippen LogP contribution in [-0.2, 0) is 14.4 Å². The zero-order valence-corrected chi connectivity index (χ0v) is 39.3. The number of hydrogen-bond donors (Lipinski definition) is 4. The molecule has 0 aliphatic carbocycles. The van der Waals surface area contributed by atoms with Crippen LogP contribution in [0.3, 0.4) is 0 Å². The summed E-state index contributed by atoms with van der Waals surface area (Å²) in [6.45, 7) is 14.3. The van der Waals surface area contributed by atoms with E-state index in [9.17, 15) is 19.2 Å². The molecule has 0 saturated carbocycles. The Bertz CT molecular complexity index is 3360. The molecule has 0 saturated heterocycles. The first-order chi connectivity index (χ1) is 32.2. The van der Waals surface area contributed by atoms with Crippen molar-refractivity contribution in [2.24, 2.45) is 0 Å². The van der Waals surface area contributed by atoms with E-state index in [0.29, 0.717) is 0 Å². The van der Waals surface area contributed by atoms with E-state index in [1.165, 1.54) is 53.4 Å². The summed E-state index contributed by atoms with van der Waals surface area (Å²) in [6.07, 6.45) is 3.79. The lowest BCUT2D eigenvalue weighted by atomic mass is 10.0. The molecule has 0 aliphatic rings. The van der Waals surface area contributed by atoms with Crippen molar-refractivity contribution in [1.29, 1.82) is 0 Å². The fraction of sp³-hybridized carbons (Fsp3) is 0.138. The van der Waals surface area contributed by atoms with Crippen molar-refractivity contribution in [2.75, 3.05) is 16.0 Å². The molecular weight excluding hydrogens is 831 g/mol. The number of amides is 3. The molecule has 2 aromatic heterocycles. The molecule has 0 bridgehead atoms. The molecule has 0 aliphatic heterocycles. The number of H-pyrrole nitrogens is 1. The SMILES string of the molecule is CC(=O)Nc1c(C)ccc2ccccc12.CC(=O)Nc1ccc2ccccc2c1.CC(=O)Nc1ccc2ccccc2c1C.CC(=O)n1ccc2cccc(C)c21.Cc1cccc2cc[nH]c12. The maximum absolute atomic E-state index is 11.2. The summed E-state index contributed by atoms with van der Waals surface area (Å²) in [5.41, 5.74) is 9.57. The fourth-order valence-electron chi connectivity index (χ4n) is 7.82. The number of aryl methyl sites for hydroxylation is 4.